The number of fused-ring (bicyclic) bond motifs is 1. The van der Waals surface area contributed by atoms with Crippen LogP contribution in [0.5, 0.6) is 11.5 Å². The highest BCUT2D eigenvalue weighted by atomic mass is 16.6. The van der Waals surface area contributed by atoms with Crippen LogP contribution < -0.4 is 15.4 Å². The monoisotopic (exact) mass is 398 g/mol. The van der Waals surface area contributed by atoms with Gasteiger partial charge in [0.1, 0.15) is 17.1 Å². The molecule has 3 N–H and O–H groups in total. The molecular weight excluding hydrogens is 376 g/mol. The van der Waals surface area contributed by atoms with Gasteiger partial charge >= 0.3 is 12.2 Å². The second-order valence-corrected chi connectivity index (χ2v) is 7.13. The summed E-state index contributed by atoms with van der Waals surface area (Å²) in [6.45, 7) is 5.40. The van der Waals surface area contributed by atoms with E-state index < -0.39 is 17.8 Å². The summed E-state index contributed by atoms with van der Waals surface area (Å²) in [5.74, 6) is 1.45. The summed E-state index contributed by atoms with van der Waals surface area (Å²) in [6.07, 6.45) is -1.13. The molecule has 0 spiro atoms. The fourth-order valence-corrected chi connectivity index (χ4v) is 2.42. The highest BCUT2D eigenvalue weighted by Crippen LogP contribution is 2.26. The molecule has 2 aromatic carbocycles. The number of benzene rings is 2. The average Bonchev–Trinajstić information content (AvgIpc) is 3.03. The van der Waals surface area contributed by atoms with Crippen LogP contribution in [-0.4, -0.2) is 34.9 Å². The topological polar surface area (TPSA) is 115 Å². The smallest absolute Gasteiger partial charge is 0.413 e. The normalized spacial score (nSPS) is 11.0. The lowest BCUT2D eigenvalue weighted by Crippen LogP contribution is -2.27. The minimum Gasteiger partial charge on any atom is -0.457 e. The van der Waals surface area contributed by atoms with Gasteiger partial charge in [-0.25, -0.2) is 14.6 Å². The Morgan fingerprint density at radius 1 is 0.966 bits per heavy atom. The van der Waals surface area contributed by atoms with Crippen LogP contribution in [0.2, 0.25) is 0 Å². The predicted molar refractivity (Wildman–Crippen MR) is 108 cm³/mol. The molecule has 0 bridgehead atoms. The fraction of sp³-hybridized carbons (Fsp3) is 0.250. The summed E-state index contributed by atoms with van der Waals surface area (Å²) in [5.41, 5.74) is 1.39. The van der Waals surface area contributed by atoms with Gasteiger partial charge in [0.2, 0.25) is 5.95 Å². The van der Waals surface area contributed by atoms with Gasteiger partial charge in [-0.15, -0.1) is 0 Å². The number of nitrogens with one attached hydrogen (secondary N) is 3. The van der Waals surface area contributed by atoms with Gasteiger partial charge in [0.25, 0.3) is 0 Å². The second kappa shape index (κ2) is 8.09. The molecule has 0 fully saturated rings. The molecule has 152 valence electrons. The standard InChI is InChI=1S/C20H22N4O5/c1-20(2,3)29-19(26)21-12-5-7-13(8-6-12)28-14-9-10-15-16(11-14)23-17(22-15)24-18(25)27-4/h5-11H,1-4H3,(H,21,26)(H2,22,23,24,25). The summed E-state index contributed by atoms with van der Waals surface area (Å²) < 4.78 is 15.6. The quantitative estimate of drug-likeness (QED) is 0.577. The number of carbonyl (C=O) groups excluding carboxylic acids is 2. The third-order valence-corrected chi connectivity index (χ3v) is 3.59. The molecule has 0 aliphatic carbocycles. The van der Waals surface area contributed by atoms with Crippen molar-refractivity contribution in [1.29, 1.82) is 0 Å². The highest BCUT2D eigenvalue weighted by Gasteiger charge is 2.16. The molecule has 3 rings (SSSR count). The van der Waals surface area contributed by atoms with Gasteiger partial charge in [-0.1, -0.05) is 0 Å². The number of imidazole rings is 1. The average molecular weight is 398 g/mol. The molecule has 0 saturated heterocycles. The number of aromatic amines is 1. The maximum Gasteiger partial charge on any atom is 0.413 e. The number of hydrogen-bond acceptors (Lipinski definition) is 6. The van der Waals surface area contributed by atoms with E-state index in [-0.39, 0.29) is 5.95 Å². The Morgan fingerprint density at radius 2 is 1.66 bits per heavy atom. The van der Waals surface area contributed by atoms with E-state index in [1.807, 2.05) is 0 Å². The van der Waals surface area contributed by atoms with Crippen molar-refractivity contribution < 1.29 is 23.8 Å². The number of anilines is 2. The lowest BCUT2D eigenvalue weighted by atomic mass is 10.2. The van der Waals surface area contributed by atoms with E-state index in [0.717, 1.165) is 0 Å². The first-order chi connectivity index (χ1) is 13.7. The van der Waals surface area contributed by atoms with E-state index in [4.69, 9.17) is 9.47 Å². The molecule has 0 saturated carbocycles. The fourth-order valence-electron chi connectivity index (χ4n) is 2.42. The minimum absolute atomic E-state index is 0.279. The van der Waals surface area contributed by atoms with Gasteiger partial charge in [-0.2, -0.15) is 0 Å². The van der Waals surface area contributed by atoms with E-state index in [1.165, 1.54) is 7.11 Å². The summed E-state index contributed by atoms with van der Waals surface area (Å²) in [5, 5.41) is 5.13. The van der Waals surface area contributed by atoms with Crippen LogP contribution in [0, 0.1) is 0 Å². The third-order valence-electron chi connectivity index (χ3n) is 3.59. The summed E-state index contributed by atoms with van der Waals surface area (Å²) in [6, 6.07) is 12.2. The molecular formula is C20H22N4O5. The number of nitrogens with zero attached hydrogens (tertiary/aromatic N) is 1. The molecule has 9 heteroatoms. The van der Waals surface area contributed by atoms with Crippen LogP contribution in [0.3, 0.4) is 0 Å². The number of aromatic nitrogens is 2. The van der Waals surface area contributed by atoms with E-state index in [1.54, 1.807) is 63.2 Å². The van der Waals surface area contributed by atoms with Crippen molar-refractivity contribution in [3.63, 3.8) is 0 Å². The number of hydrogen-bond donors (Lipinski definition) is 3. The summed E-state index contributed by atoms with van der Waals surface area (Å²) in [4.78, 5) is 30.3. The Bertz CT molecular complexity index is 1020. The van der Waals surface area contributed by atoms with Gasteiger partial charge in [-0.3, -0.25) is 10.6 Å². The zero-order valence-corrected chi connectivity index (χ0v) is 16.5. The van der Waals surface area contributed by atoms with Crippen molar-refractivity contribution in [3.8, 4) is 11.5 Å². The molecule has 2 amide bonds. The molecule has 1 heterocycles. The number of ether oxygens (including phenoxy) is 3. The van der Waals surface area contributed by atoms with Gasteiger partial charge in [0.05, 0.1) is 18.1 Å². The van der Waals surface area contributed by atoms with E-state index in [2.05, 4.69) is 25.3 Å². The number of rotatable bonds is 4. The van der Waals surface area contributed by atoms with Crippen LogP contribution in [-0.2, 0) is 9.47 Å². The van der Waals surface area contributed by atoms with E-state index >= 15 is 0 Å². The van der Waals surface area contributed by atoms with Gasteiger partial charge in [0.15, 0.2) is 0 Å². The van der Waals surface area contributed by atoms with Gasteiger partial charge in [-0.05, 0) is 57.2 Å². The SMILES string of the molecule is COC(=O)Nc1nc2ccc(Oc3ccc(NC(=O)OC(C)(C)C)cc3)cc2[nH]1. The van der Waals surface area contributed by atoms with Crippen molar-refractivity contribution >= 4 is 34.9 Å². The first kappa shape index (κ1) is 20.0. The molecule has 3 aromatic rings. The lowest BCUT2D eigenvalue weighted by molar-refractivity contribution is 0.0636. The van der Waals surface area contributed by atoms with E-state index in [0.29, 0.717) is 28.2 Å². The first-order valence-electron chi connectivity index (χ1n) is 8.84. The predicted octanol–water partition coefficient (Wildman–Crippen LogP) is 4.88. The van der Waals surface area contributed by atoms with Crippen molar-refractivity contribution in [2.75, 3.05) is 17.7 Å². The number of carbonyl (C=O) groups is 2. The highest BCUT2D eigenvalue weighted by molar-refractivity contribution is 5.86. The molecule has 0 unspecified atom stereocenters. The molecule has 0 atom stereocenters. The molecule has 29 heavy (non-hydrogen) atoms. The molecule has 0 aliphatic heterocycles. The summed E-state index contributed by atoms with van der Waals surface area (Å²) >= 11 is 0. The zero-order chi connectivity index (χ0) is 21.0. The maximum atomic E-state index is 11.8. The number of amides is 2. The van der Waals surface area contributed by atoms with E-state index in [9.17, 15) is 9.59 Å². The van der Waals surface area contributed by atoms with Crippen molar-refractivity contribution in [1.82, 2.24) is 9.97 Å². The Balaban J connectivity index is 1.65. The second-order valence-electron chi connectivity index (χ2n) is 7.13. The van der Waals surface area contributed by atoms with Crippen LogP contribution in [0.15, 0.2) is 42.5 Å². The Hall–Kier alpha value is -3.75. The van der Waals surface area contributed by atoms with Crippen LogP contribution in [0.25, 0.3) is 11.0 Å². The van der Waals surface area contributed by atoms with Gasteiger partial charge < -0.3 is 19.2 Å². The first-order valence-corrected chi connectivity index (χ1v) is 8.84. The number of methoxy groups -OCH3 is 1. The number of H-pyrrole nitrogens is 1. The Morgan fingerprint density at radius 3 is 2.31 bits per heavy atom. The van der Waals surface area contributed by atoms with Crippen LogP contribution in [0.4, 0.5) is 21.2 Å². The Labute approximate surface area is 167 Å². The zero-order valence-electron chi connectivity index (χ0n) is 16.5. The molecule has 1 aromatic heterocycles. The minimum atomic E-state index is -0.611. The third kappa shape index (κ3) is 5.61. The largest absolute Gasteiger partial charge is 0.457 e. The molecule has 0 radical (unpaired) electrons. The van der Waals surface area contributed by atoms with Crippen molar-refractivity contribution in [2.24, 2.45) is 0 Å². The van der Waals surface area contributed by atoms with Crippen LogP contribution in [0.1, 0.15) is 20.8 Å². The molecule has 9 nitrogen and oxygen atoms in total. The van der Waals surface area contributed by atoms with Crippen molar-refractivity contribution in [2.45, 2.75) is 26.4 Å². The van der Waals surface area contributed by atoms with Crippen molar-refractivity contribution in [3.05, 3.63) is 42.5 Å². The maximum absolute atomic E-state index is 11.8. The molecule has 0 aliphatic rings. The Kier molecular flexibility index (Phi) is 5.58. The summed E-state index contributed by atoms with van der Waals surface area (Å²) in [7, 11) is 1.28. The lowest BCUT2D eigenvalue weighted by Gasteiger charge is -2.19. The van der Waals surface area contributed by atoms with Gasteiger partial charge in [0, 0.05) is 11.8 Å². The van der Waals surface area contributed by atoms with Crippen LogP contribution >= 0.6 is 0 Å².